The minimum Gasteiger partial charge on any atom is -0.482 e. The number of rotatable bonds is 10. The first-order valence-corrected chi connectivity index (χ1v) is 11.2. The monoisotopic (exact) mass is 456 g/mol. The fraction of sp³-hybridized carbons (Fsp3) is 0.375. The molecule has 7 nitrogen and oxygen atoms in total. The highest BCUT2D eigenvalue weighted by Crippen LogP contribution is 2.23. The maximum Gasteiger partial charge on any atom is 0.262 e. The fourth-order valence-electron chi connectivity index (χ4n) is 3.55. The molecule has 0 saturated heterocycles. The van der Waals surface area contributed by atoms with E-state index >= 15 is 0 Å². The summed E-state index contributed by atoms with van der Waals surface area (Å²) in [6, 6.07) is 12.6. The van der Waals surface area contributed by atoms with Crippen LogP contribution in [0.3, 0.4) is 0 Å². The van der Waals surface area contributed by atoms with Crippen molar-refractivity contribution in [2.75, 3.05) is 18.5 Å². The third-order valence-electron chi connectivity index (χ3n) is 5.46. The van der Waals surface area contributed by atoms with Crippen molar-refractivity contribution in [3.63, 3.8) is 0 Å². The Kier molecular flexibility index (Phi) is 8.11. The molecule has 1 heterocycles. The number of aromatic nitrogens is 2. The lowest BCUT2D eigenvalue weighted by Gasteiger charge is -2.12. The van der Waals surface area contributed by atoms with Crippen molar-refractivity contribution in [1.82, 2.24) is 14.9 Å². The second-order valence-corrected chi connectivity index (χ2v) is 8.02. The van der Waals surface area contributed by atoms with Crippen LogP contribution in [0.2, 0.25) is 5.02 Å². The summed E-state index contributed by atoms with van der Waals surface area (Å²) in [7, 11) is 1.95. The predicted molar refractivity (Wildman–Crippen MR) is 127 cm³/mol. The number of halogens is 1. The van der Waals surface area contributed by atoms with Crippen molar-refractivity contribution in [3.8, 4) is 5.75 Å². The average Bonchev–Trinajstić information content (AvgIpc) is 3.09. The lowest BCUT2D eigenvalue weighted by Crippen LogP contribution is -2.32. The van der Waals surface area contributed by atoms with Gasteiger partial charge in [-0.1, -0.05) is 37.6 Å². The molecule has 1 aromatic heterocycles. The molecule has 3 rings (SSSR count). The minimum atomic E-state index is -0.287. The number of amides is 2. The summed E-state index contributed by atoms with van der Waals surface area (Å²) in [5, 5.41) is 6.28. The maximum absolute atomic E-state index is 12.3. The van der Waals surface area contributed by atoms with Gasteiger partial charge in [-0.05, 0) is 43.2 Å². The lowest BCUT2D eigenvalue weighted by atomic mass is 10.0. The van der Waals surface area contributed by atoms with Crippen LogP contribution in [0.4, 0.5) is 5.69 Å². The number of carbonyl (C=O) groups is 2. The third-order valence-corrected chi connectivity index (χ3v) is 5.77. The van der Waals surface area contributed by atoms with Gasteiger partial charge in [-0.25, -0.2) is 4.98 Å². The number of anilines is 1. The number of carbonyl (C=O) groups excluding carboxylic acids is 2. The number of nitrogens with zero attached hydrogens (tertiary/aromatic N) is 2. The molecular weight excluding hydrogens is 428 g/mol. The van der Waals surface area contributed by atoms with E-state index in [4.69, 9.17) is 16.3 Å². The molecule has 0 aliphatic rings. The van der Waals surface area contributed by atoms with Crippen molar-refractivity contribution in [2.45, 2.75) is 33.1 Å². The number of nitrogens with one attached hydrogen (secondary N) is 2. The van der Waals surface area contributed by atoms with Gasteiger partial charge >= 0.3 is 0 Å². The van der Waals surface area contributed by atoms with Crippen LogP contribution in [0, 0.1) is 5.92 Å². The van der Waals surface area contributed by atoms with E-state index in [0.29, 0.717) is 29.4 Å². The van der Waals surface area contributed by atoms with E-state index < -0.39 is 0 Å². The Morgan fingerprint density at radius 2 is 1.91 bits per heavy atom. The van der Waals surface area contributed by atoms with Gasteiger partial charge in [0.15, 0.2) is 6.61 Å². The highest BCUT2D eigenvalue weighted by atomic mass is 35.5. The number of hydrogen-bond acceptors (Lipinski definition) is 4. The van der Waals surface area contributed by atoms with Crippen LogP contribution in [0.25, 0.3) is 11.0 Å². The van der Waals surface area contributed by atoms with Gasteiger partial charge in [0.1, 0.15) is 11.6 Å². The van der Waals surface area contributed by atoms with Crippen LogP contribution in [0.5, 0.6) is 5.75 Å². The summed E-state index contributed by atoms with van der Waals surface area (Å²) >= 11 is 6.04. The summed E-state index contributed by atoms with van der Waals surface area (Å²) in [4.78, 5) is 29.1. The van der Waals surface area contributed by atoms with Crippen molar-refractivity contribution >= 4 is 40.1 Å². The van der Waals surface area contributed by atoms with Crippen molar-refractivity contribution in [3.05, 3.63) is 53.3 Å². The minimum absolute atomic E-state index is 0.0588. The molecule has 0 spiro atoms. The average molecular weight is 457 g/mol. The molecule has 0 unspecified atom stereocenters. The first kappa shape index (κ1) is 23.6. The summed E-state index contributed by atoms with van der Waals surface area (Å²) in [6.45, 7) is 4.44. The zero-order chi connectivity index (χ0) is 23.1. The highest BCUT2D eigenvalue weighted by molar-refractivity contribution is 6.32. The molecule has 0 aliphatic heterocycles. The second kappa shape index (κ2) is 11.0. The Balaban J connectivity index is 1.59. The van der Waals surface area contributed by atoms with E-state index in [1.807, 2.05) is 43.7 Å². The Labute approximate surface area is 193 Å². The van der Waals surface area contributed by atoms with Crippen molar-refractivity contribution < 1.29 is 14.3 Å². The smallest absolute Gasteiger partial charge is 0.262 e. The Morgan fingerprint density at radius 1 is 1.16 bits per heavy atom. The summed E-state index contributed by atoms with van der Waals surface area (Å²) in [5.41, 5.74) is 2.37. The van der Waals surface area contributed by atoms with Crippen molar-refractivity contribution in [1.29, 1.82) is 0 Å². The first-order valence-electron chi connectivity index (χ1n) is 10.8. The van der Waals surface area contributed by atoms with Crippen LogP contribution < -0.4 is 15.4 Å². The fourth-order valence-corrected chi connectivity index (χ4v) is 3.74. The molecule has 0 atom stereocenters. The number of imidazole rings is 1. The van der Waals surface area contributed by atoms with Crippen LogP contribution in [0.1, 0.15) is 32.5 Å². The molecule has 170 valence electrons. The predicted octanol–water partition coefficient (Wildman–Crippen LogP) is 4.34. The van der Waals surface area contributed by atoms with Gasteiger partial charge in [0.05, 0.1) is 16.1 Å². The summed E-state index contributed by atoms with van der Waals surface area (Å²) in [5.74, 6) is 1.20. The van der Waals surface area contributed by atoms with Crippen LogP contribution >= 0.6 is 11.6 Å². The number of ether oxygens (including phenoxy) is 1. The highest BCUT2D eigenvalue weighted by Gasteiger charge is 2.14. The number of aryl methyl sites for hydroxylation is 1. The number of fused-ring (bicyclic) bond motifs is 1. The number of benzene rings is 2. The van der Waals surface area contributed by atoms with Gasteiger partial charge in [0.2, 0.25) is 5.91 Å². The van der Waals surface area contributed by atoms with Gasteiger partial charge in [-0.2, -0.15) is 0 Å². The number of para-hydroxylation sites is 1. The molecule has 0 saturated carbocycles. The zero-order valence-electron chi connectivity index (χ0n) is 18.7. The third kappa shape index (κ3) is 5.79. The van der Waals surface area contributed by atoms with Gasteiger partial charge in [0, 0.05) is 31.6 Å². The second-order valence-electron chi connectivity index (χ2n) is 7.61. The lowest BCUT2D eigenvalue weighted by molar-refractivity contribution is -0.125. The SMILES string of the molecule is CCC(CC)C(=O)NCCc1nc2cc(NC(=O)COc3ccccc3Cl)ccc2n1C. The molecule has 2 amide bonds. The van der Waals surface area contributed by atoms with Crippen molar-refractivity contribution in [2.24, 2.45) is 13.0 Å². The number of hydrogen-bond donors (Lipinski definition) is 2. The van der Waals surface area contributed by atoms with Gasteiger partial charge in [-0.15, -0.1) is 0 Å². The Bertz CT molecular complexity index is 1090. The topological polar surface area (TPSA) is 85.2 Å². The van der Waals surface area contributed by atoms with Crippen LogP contribution in [-0.4, -0.2) is 34.5 Å². The van der Waals surface area contributed by atoms with Crippen LogP contribution in [-0.2, 0) is 23.1 Å². The molecule has 32 heavy (non-hydrogen) atoms. The Morgan fingerprint density at radius 3 is 2.62 bits per heavy atom. The molecule has 0 bridgehead atoms. The Hall–Kier alpha value is -3.06. The standard InChI is InChI=1S/C24H29ClN4O3/c1-4-16(5-2)24(31)26-13-12-22-28-19-14-17(10-11-20(19)29(22)3)27-23(30)15-32-21-9-7-6-8-18(21)25/h6-11,14,16H,4-5,12-13,15H2,1-3H3,(H,26,31)(H,27,30). The van der Waals surface area contributed by atoms with E-state index in [1.54, 1.807) is 24.3 Å². The molecule has 2 N–H and O–H groups in total. The molecule has 0 aliphatic carbocycles. The largest absolute Gasteiger partial charge is 0.482 e. The van der Waals surface area contributed by atoms with E-state index in [2.05, 4.69) is 15.6 Å². The summed E-state index contributed by atoms with van der Waals surface area (Å²) < 4.78 is 7.48. The van der Waals surface area contributed by atoms with Gasteiger partial charge in [-0.3, -0.25) is 9.59 Å². The molecule has 0 radical (unpaired) electrons. The van der Waals surface area contributed by atoms with Gasteiger partial charge < -0.3 is 19.9 Å². The van der Waals surface area contributed by atoms with E-state index in [1.165, 1.54) is 0 Å². The molecule has 3 aromatic rings. The molecule has 0 fully saturated rings. The van der Waals surface area contributed by atoms with E-state index in [9.17, 15) is 9.59 Å². The normalized spacial score (nSPS) is 11.0. The zero-order valence-corrected chi connectivity index (χ0v) is 19.4. The molecule has 2 aromatic carbocycles. The first-order chi connectivity index (χ1) is 15.4. The quantitative estimate of drug-likeness (QED) is 0.475. The van der Waals surface area contributed by atoms with Crippen LogP contribution in [0.15, 0.2) is 42.5 Å². The summed E-state index contributed by atoms with van der Waals surface area (Å²) in [6.07, 6.45) is 2.31. The molecule has 8 heteroatoms. The van der Waals surface area contributed by atoms with Gasteiger partial charge in [0.25, 0.3) is 5.91 Å². The van der Waals surface area contributed by atoms with E-state index in [0.717, 1.165) is 29.7 Å². The van der Waals surface area contributed by atoms with E-state index in [-0.39, 0.29) is 24.3 Å². The maximum atomic E-state index is 12.3. The molecular formula is C24H29ClN4O3.